The van der Waals surface area contributed by atoms with Crippen molar-refractivity contribution in [1.29, 1.82) is 0 Å². The number of nitrogens with zero attached hydrogens (tertiary/aromatic N) is 2. The fourth-order valence-corrected chi connectivity index (χ4v) is 5.06. The maximum Gasteiger partial charge on any atom is 0.226 e. The molecule has 1 aliphatic heterocycles. The molecule has 2 atom stereocenters. The molecule has 7 nitrogen and oxygen atoms in total. The fourth-order valence-electron chi connectivity index (χ4n) is 3.09. The van der Waals surface area contributed by atoms with Crippen LogP contribution >= 0.6 is 0 Å². The first kappa shape index (κ1) is 19.4. The van der Waals surface area contributed by atoms with Crippen LogP contribution in [0.1, 0.15) is 11.4 Å². The molecule has 1 amide bonds. The van der Waals surface area contributed by atoms with Crippen molar-refractivity contribution in [3.63, 3.8) is 0 Å². The number of nitrogens with one attached hydrogen (secondary N) is 2. The lowest BCUT2D eigenvalue weighted by molar-refractivity contribution is -0.125. The van der Waals surface area contributed by atoms with Gasteiger partial charge in [-0.15, -0.1) is 0 Å². The van der Waals surface area contributed by atoms with Gasteiger partial charge in [0.25, 0.3) is 0 Å². The number of hydrogen-bond acceptors (Lipinski definition) is 5. The molecule has 0 bridgehead atoms. The summed E-state index contributed by atoms with van der Waals surface area (Å²) in [4.78, 5) is 16.6. The second-order valence-electron chi connectivity index (χ2n) is 6.58. The van der Waals surface area contributed by atoms with Crippen molar-refractivity contribution in [3.8, 4) is 0 Å². The van der Waals surface area contributed by atoms with Gasteiger partial charge in [-0.3, -0.25) is 4.79 Å². The Morgan fingerprint density at radius 2 is 2.07 bits per heavy atom. The van der Waals surface area contributed by atoms with E-state index in [2.05, 4.69) is 15.6 Å². The average Bonchev–Trinajstić information content (AvgIpc) is 3.15. The Labute approximate surface area is 155 Å². The Morgan fingerprint density at radius 3 is 2.78 bits per heavy atom. The number of rotatable bonds is 6. The number of hydrogen-bond donors (Lipinski definition) is 2. The van der Waals surface area contributed by atoms with Gasteiger partial charge in [0.05, 0.1) is 24.0 Å². The SMILES string of the molecule is Cn1ccnc1CNC(=O)[C@@H]1CS(=O)(=O)C[C@H]1NCc1cc(F)ccc1F. The van der Waals surface area contributed by atoms with Crippen molar-refractivity contribution in [2.45, 2.75) is 19.1 Å². The van der Waals surface area contributed by atoms with Gasteiger partial charge in [0.2, 0.25) is 5.91 Å². The number of halogens is 2. The van der Waals surface area contributed by atoms with Crippen LogP contribution in [0.5, 0.6) is 0 Å². The van der Waals surface area contributed by atoms with Gasteiger partial charge in [-0.05, 0) is 18.2 Å². The van der Waals surface area contributed by atoms with Gasteiger partial charge in [-0.2, -0.15) is 0 Å². The molecule has 0 aliphatic carbocycles. The molecule has 0 unspecified atom stereocenters. The Kier molecular flexibility index (Phi) is 5.56. The third kappa shape index (κ3) is 4.69. The summed E-state index contributed by atoms with van der Waals surface area (Å²) >= 11 is 0. The van der Waals surface area contributed by atoms with Crippen LogP contribution < -0.4 is 10.6 Å². The summed E-state index contributed by atoms with van der Waals surface area (Å²) in [6, 6.07) is 2.38. The molecule has 2 aromatic rings. The zero-order chi connectivity index (χ0) is 19.6. The van der Waals surface area contributed by atoms with Crippen LogP contribution in [0.15, 0.2) is 30.6 Å². The Morgan fingerprint density at radius 1 is 1.30 bits per heavy atom. The monoisotopic (exact) mass is 398 g/mol. The van der Waals surface area contributed by atoms with Crippen molar-refractivity contribution in [1.82, 2.24) is 20.2 Å². The van der Waals surface area contributed by atoms with E-state index in [1.165, 1.54) is 0 Å². The highest BCUT2D eigenvalue weighted by Crippen LogP contribution is 2.21. The highest BCUT2D eigenvalue weighted by Gasteiger charge is 2.41. The summed E-state index contributed by atoms with van der Waals surface area (Å²) < 4.78 is 52.8. The van der Waals surface area contributed by atoms with E-state index in [-0.39, 0.29) is 30.2 Å². The third-order valence-corrected chi connectivity index (χ3v) is 6.33. The summed E-state index contributed by atoms with van der Waals surface area (Å²) in [6.45, 7) is 0.0943. The average molecular weight is 398 g/mol. The van der Waals surface area contributed by atoms with Gasteiger partial charge >= 0.3 is 0 Å². The molecule has 10 heteroatoms. The smallest absolute Gasteiger partial charge is 0.226 e. The minimum absolute atomic E-state index is 0.0754. The maximum absolute atomic E-state index is 13.8. The van der Waals surface area contributed by atoms with E-state index in [1.54, 1.807) is 24.0 Å². The van der Waals surface area contributed by atoms with E-state index in [0.717, 1.165) is 18.2 Å². The highest BCUT2D eigenvalue weighted by atomic mass is 32.2. The molecule has 2 N–H and O–H groups in total. The van der Waals surface area contributed by atoms with Gasteiger partial charge in [0, 0.05) is 37.6 Å². The summed E-state index contributed by atoms with van der Waals surface area (Å²) in [6.07, 6.45) is 3.33. The number of aryl methyl sites for hydroxylation is 1. The Balaban J connectivity index is 1.66. The summed E-state index contributed by atoms with van der Waals surface area (Å²) in [7, 11) is -1.62. The minimum Gasteiger partial charge on any atom is -0.349 e. The number of amides is 1. The molecule has 1 aromatic carbocycles. The van der Waals surface area contributed by atoms with Crippen LogP contribution in [0.2, 0.25) is 0 Å². The number of aromatic nitrogens is 2. The molecule has 1 fully saturated rings. The highest BCUT2D eigenvalue weighted by molar-refractivity contribution is 7.91. The molecule has 2 heterocycles. The van der Waals surface area contributed by atoms with Gasteiger partial charge in [-0.25, -0.2) is 22.2 Å². The van der Waals surface area contributed by atoms with Crippen molar-refractivity contribution in [3.05, 3.63) is 53.6 Å². The van der Waals surface area contributed by atoms with E-state index in [9.17, 15) is 22.0 Å². The molecule has 1 saturated heterocycles. The van der Waals surface area contributed by atoms with Crippen molar-refractivity contribution in [2.24, 2.45) is 13.0 Å². The quantitative estimate of drug-likeness (QED) is 0.740. The summed E-state index contributed by atoms with van der Waals surface area (Å²) in [5.74, 6) is -2.30. The van der Waals surface area contributed by atoms with Crippen LogP contribution in [0.4, 0.5) is 8.78 Å². The molecular weight excluding hydrogens is 378 g/mol. The van der Waals surface area contributed by atoms with Gasteiger partial charge < -0.3 is 15.2 Å². The largest absolute Gasteiger partial charge is 0.349 e. The van der Waals surface area contributed by atoms with Gasteiger partial charge in [0.1, 0.15) is 17.5 Å². The molecular formula is C17H20F2N4O3S. The van der Waals surface area contributed by atoms with Crippen LogP contribution in [0.25, 0.3) is 0 Å². The molecule has 0 saturated carbocycles. The molecule has 1 aromatic heterocycles. The Bertz CT molecular complexity index is 945. The van der Waals surface area contributed by atoms with Crippen LogP contribution in [0, 0.1) is 17.6 Å². The number of carbonyl (C=O) groups excluding carboxylic acids is 1. The second-order valence-corrected chi connectivity index (χ2v) is 8.73. The lowest BCUT2D eigenvalue weighted by Crippen LogP contribution is -2.43. The van der Waals surface area contributed by atoms with Gasteiger partial charge in [0.15, 0.2) is 9.84 Å². The second kappa shape index (κ2) is 7.73. The number of imidazole rings is 1. The standard InChI is InChI=1S/C17H20F2N4O3S/c1-23-5-4-20-16(23)8-22-17(24)13-9-27(25,26)10-15(13)21-7-11-6-12(18)2-3-14(11)19/h2-6,13,15,21H,7-10H2,1H3,(H,22,24)/t13-,15-/m1/s1. The summed E-state index contributed by atoms with van der Waals surface area (Å²) in [5, 5.41) is 5.58. The third-order valence-electron chi connectivity index (χ3n) is 4.59. The van der Waals surface area contributed by atoms with Crippen molar-refractivity contribution < 1.29 is 22.0 Å². The number of sulfone groups is 1. The number of carbonyl (C=O) groups is 1. The topological polar surface area (TPSA) is 93.1 Å². The molecule has 1 aliphatic rings. The zero-order valence-electron chi connectivity index (χ0n) is 14.7. The van der Waals surface area contributed by atoms with Crippen LogP contribution in [-0.2, 0) is 34.8 Å². The Hall–Kier alpha value is -2.33. The van der Waals surface area contributed by atoms with E-state index in [4.69, 9.17) is 0 Å². The summed E-state index contributed by atoms with van der Waals surface area (Å²) in [5.41, 5.74) is 0.0754. The predicted octanol–water partition coefficient (Wildman–Crippen LogP) is 0.518. The molecule has 0 spiro atoms. The maximum atomic E-state index is 13.8. The van der Waals surface area contributed by atoms with E-state index >= 15 is 0 Å². The lowest BCUT2D eigenvalue weighted by atomic mass is 10.0. The molecule has 0 radical (unpaired) electrons. The minimum atomic E-state index is -3.40. The van der Waals surface area contributed by atoms with Crippen molar-refractivity contribution >= 4 is 15.7 Å². The van der Waals surface area contributed by atoms with Gasteiger partial charge in [-0.1, -0.05) is 0 Å². The molecule has 27 heavy (non-hydrogen) atoms. The first-order chi connectivity index (χ1) is 12.7. The molecule has 146 valence electrons. The lowest BCUT2D eigenvalue weighted by Gasteiger charge is -2.19. The first-order valence-electron chi connectivity index (χ1n) is 8.37. The van der Waals surface area contributed by atoms with Crippen molar-refractivity contribution in [2.75, 3.05) is 11.5 Å². The van der Waals surface area contributed by atoms with E-state index < -0.39 is 39.3 Å². The first-order valence-corrected chi connectivity index (χ1v) is 10.2. The normalized spacial score (nSPS) is 21.3. The van der Waals surface area contributed by atoms with E-state index in [0.29, 0.717) is 5.82 Å². The van der Waals surface area contributed by atoms with Crippen LogP contribution in [0.3, 0.4) is 0 Å². The zero-order valence-corrected chi connectivity index (χ0v) is 15.5. The fraction of sp³-hybridized carbons (Fsp3) is 0.412. The molecule has 3 rings (SSSR count). The number of benzene rings is 1. The van der Waals surface area contributed by atoms with E-state index in [1.807, 2.05) is 0 Å². The van der Waals surface area contributed by atoms with Crippen LogP contribution in [-0.4, -0.2) is 41.4 Å². The predicted molar refractivity (Wildman–Crippen MR) is 94.2 cm³/mol.